The minimum Gasteiger partial charge on any atom is -0.394 e. The highest BCUT2D eigenvalue weighted by atomic mass is 16.3. The van der Waals surface area contributed by atoms with Gasteiger partial charge in [0, 0.05) is 31.6 Å². The molecule has 1 saturated heterocycles. The topological polar surface area (TPSA) is 43.8 Å². The van der Waals surface area contributed by atoms with E-state index in [1.807, 2.05) is 11.0 Å². The second-order valence-corrected chi connectivity index (χ2v) is 11.4. The lowest BCUT2D eigenvalue weighted by molar-refractivity contribution is -0.137. The number of nitrogens with zero attached hydrogens (tertiary/aromatic N) is 2. The quantitative estimate of drug-likeness (QED) is 0.209. The van der Waals surface area contributed by atoms with Gasteiger partial charge in [-0.15, -0.1) is 0 Å². The molecule has 4 heteroatoms. The molecule has 4 nitrogen and oxygen atoms in total. The van der Waals surface area contributed by atoms with Crippen molar-refractivity contribution < 1.29 is 9.90 Å². The lowest BCUT2D eigenvalue weighted by atomic mass is 9.92. The molecule has 0 bridgehead atoms. The zero-order valence-corrected chi connectivity index (χ0v) is 24.1. The minimum atomic E-state index is -0.134. The Morgan fingerprint density at radius 3 is 1.88 bits per heavy atom. The van der Waals surface area contributed by atoms with E-state index in [4.69, 9.17) is 0 Å². The van der Waals surface area contributed by atoms with Crippen molar-refractivity contribution >= 4 is 5.91 Å². The first kappa shape index (κ1) is 28.8. The van der Waals surface area contributed by atoms with Crippen molar-refractivity contribution in [1.29, 1.82) is 0 Å². The van der Waals surface area contributed by atoms with Crippen LogP contribution in [0.4, 0.5) is 0 Å². The SMILES string of the molecule is C[C@H](CC(Cc1ccc(-c2ccccc2)cc1)N(Cc1ccccc1)Cc1ccccc1)C(=O)N1CCC[C@@H]1CO. The number of hydrogen-bond acceptors (Lipinski definition) is 3. The van der Waals surface area contributed by atoms with E-state index < -0.39 is 0 Å². The van der Waals surface area contributed by atoms with Crippen LogP contribution in [0.2, 0.25) is 0 Å². The van der Waals surface area contributed by atoms with Crippen LogP contribution in [0.3, 0.4) is 0 Å². The summed E-state index contributed by atoms with van der Waals surface area (Å²) in [5, 5.41) is 9.86. The number of rotatable bonds is 12. The fourth-order valence-electron chi connectivity index (χ4n) is 6.16. The van der Waals surface area contributed by atoms with Crippen molar-refractivity contribution in [3.05, 3.63) is 132 Å². The summed E-state index contributed by atoms with van der Waals surface area (Å²) in [4.78, 5) is 18.1. The Kier molecular flexibility index (Phi) is 10.0. The molecule has 1 N–H and O–H groups in total. The summed E-state index contributed by atoms with van der Waals surface area (Å²) in [6.07, 6.45) is 3.47. The van der Waals surface area contributed by atoms with Gasteiger partial charge in [-0.05, 0) is 53.5 Å². The van der Waals surface area contributed by atoms with Gasteiger partial charge in [-0.1, -0.05) is 122 Å². The predicted octanol–water partition coefficient (Wildman–Crippen LogP) is 6.98. The second kappa shape index (κ2) is 14.2. The van der Waals surface area contributed by atoms with Crippen LogP contribution in [-0.2, 0) is 24.3 Å². The van der Waals surface area contributed by atoms with Gasteiger partial charge < -0.3 is 10.0 Å². The minimum absolute atomic E-state index is 0.0429. The molecule has 0 saturated carbocycles. The smallest absolute Gasteiger partial charge is 0.225 e. The third kappa shape index (κ3) is 7.72. The van der Waals surface area contributed by atoms with Crippen molar-refractivity contribution in [1.82, 2.24) is 9.80 Å². The first-order valence-electron chi connectivity index (χ1n) is 15.0. The van der Waals surface area contributed by atoms with Crippen molar-refractivity contribution in [3.8, 4) is 11.1 Å². The molecule has 1 aliphatic rings. The third-order valence-corrected chi connectivity index (χ3v) is 8.42. The molecule has 0 spiro atoms. The van der Waals surface area contributed by atoms with Crippen molar-refractivity contribution in [2.45, 2.75) is 57.8 Å². The molecule has 41 heavy (non-hydrogen) atoms. The summed E-state index contributed by atoms with van der Waals surface area (Å²) in [7, 11) is 0. The number of amides is 1. The van der Waals surface area contributed by atoms with Gasteiger partial charge in [-0.2, -0.15) is 0 Å². The average Bonchev–Trinajstić information content (AvgIpc) is 3.51. The van der Waals surface area contributed by atoms with Gasteiger partial charge in [0.05, 0.1) is 12.6 Å². The second-order valence-electron chi connectivity index (χ2n) is 11.4. The zero-order valence-electron chi connectivity index (χ0n) is 24.1. The Morgan fingerprint density at radius 1 is 0.780 bits per heavy atom. The Balaban J connectivity index is 1.42. The van der Waals surface area contributed by atoms with E-state index in [0.29, 0.717) is 0 Å². The van der Waals surface area contributed by atoms with E-state index in [1.54, 1.807) is 0 Å². The van der Waals surface area contributed by atoms with Gasteiger partial charge in [0.1, 0.15) is 0 Å². The molecular formula is C37H42N2O2. The summed E-state index contributed by atoms with van der Waals surface area (Å²) >= 11 is 0. The number of hydrogen-bond donors (Lipinski definition) is 1. The molecule has 5 rings (SSSR count). The molecule has 4 aromatic carbocycles. The molecule has 4 aromatic rings. The van der Waals surface area contributed by atoms with Crippen molar-refractivity contribution in [2.24, 2.45) is 5.92 Å². The Labute approximate surface area is 245 Å². The van der Waals surface area contributed by atoms with Crippen LogP contribution in [0.1, 0.15) is 42.9 Å². The summed E-state index contributed by atoms with van der Waals surface area (Å²) in [5.41, 5.74) is 6.24. The maximum atomic E-state index is 13.6. The van der Waals surface area contributed by atoms with E-state index in [0.717, 1.165) is 45.3 Å². The number of aliphatic hydroxyl groups is 1. The van der Waals surface area contributed by atoms with E-state index >= 15 is 0 Å². The monoisotopic (exact) mass is 546 g/mol. The lowest BCUT2D eigenvalue weighted by Gasteiger charge is -2.35. The maximum Gasteiger partial charge on any atom is 0.225 e. The average molecular weight is 547 g/mol. The normalized spacial score (nSPS) is 16.6. The molecule has 1 heterocycles. The fourth-order valence-corrected chi connectivity index (χ4v) is 6.16. The van der Waals surface area contributed by atoms with E-state index in [9.17, 15) is 9.90 Å². The molecule has 1 fully saturated rings. The fraction of sp³-hybridized carbons (Fsp3) is 0.324. The van der Waals surface area contributed by atoms with Crippen LogP contribution < -0.4 is 0 Å². The highest BCUT2D eigenvalue weighted by molar-refractivity contribution is 5.79. The number of aliphatic hydroxyl groups excluding tert-OH is 1. The number of carbonyl (C=O) groups is 1. The van der Waals surface area contributed by atoms with Gasteiger partial charge in [0.2, 0.25) is 5.91 Å². The molecule has 1 amide bonds. The Bertz CT molecular complexity index is 1300. The first-order chi connectivity index (χ1) is 20.1. The highest BCUT2D eigenvalue weighted by Gasteiger charge is 2.33. The number of benzene rings is 4. The van der Waals surface area contributed by atoms with Crippen LogP contribution in [0.15, 0.2) is 115 Å². The van der Waals surface area contributed by atoms with Crippen LogP contribution in [0.25, 0.3) is 11.1 Å². The summed E-state index contributed by atoms with van der Waals surface area (Å²) in [6.45, 7) is 4.49. The number of likely N-dealkylation sites (tertiary alicyclic amines) is 1. The van der Waals surface area contributed by atoms with Crippen molar-refractivity contribution in [3.63, 3.8) is 0 Å². The van der Waals surface area contributed by atoms with Crippen LogP contribution >= 0.6 is 0 Å². The Morgan fingerprint density at radius 2 is 1.32 bits per heavy atom. The lowest BCUT2D eigenvalue weighted by Crippen LogP contribution is -2.44. The molecule has 0 aromatic heterocycles. The maximum absolute atomic E-state index is 13.6. The van der Waals surface area contributed by atoms with Crippen molar-refractivity contribution in [2.75, 3.05) is 13.2 Å². The molecule has 3 atom stereocenters. The predicted molar refractivity (Wildman–Crippen MR) is 167 cm³/mol. The van der Waals surface area contributed by atoms with Gasteiger partial charge in [0.25, 0.3) is 0 Å². The highest BCUT2D eigenvalue weighted by Crippen LogP contribution is 2.27. The Hall–Kier alpha value is -3.73. The number of carbonyl (C=O) groups excluding carboxylic acids is 1. The summed E-state index contributed by atoms with van der Waals surface area (Å²) in [5.74, 6) is 0.0372. The molecule has 212 valence electrons. The van der Waals surface area contributed by atoms with Gasteiger partial charge in [-0.3, -0.25) is 9.69 Å². The van der Waals surface area contributed by atoms with Gasteiger partial charge in [-0.25, -0.2) is 0 Å². The van der Waals surface area contributed by atoms with Gasteiger partial charge >= 0.3 is 0 Å². The van der Waals surface area contributed by atoms with E-state index in [1.165, 1.54) is 27.8 Å². The van der Waals surface area contributed by atoms with Crippen LogP contribution in [0, 0.1) is 5.92 Å². The molecular weight excluding hydrogens is 504 g/mol. The summed E-state index contributed by atoms with van der Waals surface area (Å²) in [6, 6.07) is 40.8. The van der Waals surface area contributed by atoms with Crippen LogP contribution in [0.5, 0.6) is 0 Å². The zero-order chi connectivity index (χ0) is 28.4. The van der Waals surface area contributed by atoms with E-state index in [-0.39, 0.29) is 30.5 Å². The standard InChI is InChI=1S/C37H42N2O2/c1-29(37(41)39-23-11-18-35(39)28-40)24-36(25-30-19-21-34(22-20-30)33-16-9-4-10-17-33)38(26-31-12-5-2-6-13-31)27-32-14-7-3-8-15-32/h2-10,12-17,19-22,29,35-36,40H,11,18,23-28H2,1H3/t29-,35-,36?/m1/s1. The third-order valence-electron chi connectivity index (χ3n) is 8.42. The largest absolute Gasteiger partial charge is 0.394 e. The first-order valence-corrected chi connectivity index (χ1v) is 15.0. The summed E-state index contributed by atoms with van der Waals surface area (Å²) < 4.78 is 0. The molecule has 1 aliphatic heterocycles. The molecule has 0 radical (unpaired) electrons. The molecule has 1 unspecified atom stereocenters. The van der Waals surface area contributed by atoms with Gasteiger partial charge in [0.15, 0.2) is 0 Å². The molecule has 0 aliphatic carbocycles. The van der Waals surface area contributed by atoms with E-state index in [2.05, 4.69) is 121 Å². The van der Waals surface area contributed by atoms with Crippen LogP contribution in [-0.4, -0.2) is 46.0 Å².